The molecule has 0 aromatic carbocycles. The Hall–Kier alpha value is -1.97. The van der Waals surface area contributed by atoms with Crippen LogP contribution < -0.4 is 4.74 Å². The van der Waals surface area contributed by atoms with E-state index in [4.69, 9.17) is 4.74 Å². The van der Waals surface area contributed by atoms with Crippen LogP contribution in [0.2, 0.25) is 0 Å². The van der Waals surface area contributed by atoms with Gasteiger partial charge in [-0.15, -0.1) is 0 Å². The first kappa shape index (κ1) is 16.4. The summed E-state index contributed by atoms with van der Waals surface area (Å²) in [7, 11) is 0. The SMILES string of the molecule is CC(C)(C)c1cnc(OCCC(C)(C)c2ccncc2)nc1. The average molecular weight is 299 g/mol. The number of pyridine rings is 1. The molecule has 0 aliphatic carbocycles. The highest BCUT2D eigenvalue weighted by Gasteiger charge is 2.20. The van der Waals surface area contributed by atoms with Gasteiger partial charge in [-0.25, -0.2) is 9.97 Å². The fourth-order valence-electron chi connectivity index (χ4n) is 2.12. The van der Waals surface area contributed by atoms with Crippen molar-refractivity contribution in [3.05, 3.63) is 48.0 Å². The second-order valence-electron chi connectivity index (χ2n) is 7.22. The van der Waals surface area contributed by atoms with Crippen molar-refractivity contribution in [1.29, 1.82) is 0 Å². The highest BCUT2D eigenvalue weighted by atomic mass is 16.5. The van der Waals surface area contributed by atoms with Gasteiger partial charge in [0, 0.05) is 24.8 Å². The van der Waals surface area contributed by atoms with Crippen LogP contribution >= 0.6 is 0 Å². The molecule has 0 aliphatic heterocycles. The van der Waals surface area contributed by atoms with Crippen molar-refractivity contribution < 1.29 is 4.74 Å². The van der Waals surface area contributed by atoms with E-state index >= 15 is 0 Å². The minimum Gasteiger partial charge on any atom is -0.463 e. The third-order valence-electron chi connectivity index (χ3n) is 3.91. The molecule has 2 aromatic rings. The van der Waals surface area contributed by atoms with Crippen molar-refractivity contribution >= 4 is 0 Å². The number of hydrogen-bond donors (Lipinski definition) is 0. The first-order chi connectivity index (χ1) is 10.3. The van der Waals surface area contributed by atoms with Gasteiger partial charge in [0.25, 0.3) is 0 Å². The molecule has 0 spiro atoms. The van der Waals surface area contributed by atoms with E-state index in [-0.39, 0.29) is 10.8 Å². The van der Waals surface area contributed by atoms with Crippen molar-refractivity contribution in [3.8, 4) is 6.01 Å². The Bertz CT molecular complexity index is 586. The van der Waals surface area contributed by atoms with Crippen LogP contribution in [0.5, 0.6) is 6.01 Å². The largest absolute Gasteiger partial charge is 0.463 e. The second kappa shape index (κ2) is 6.42. The summed E-state index contributed by atoms with van der Waals surface area (Å²) < 4.78 is 5.69. The molecule has 0 atom stereocenters. The molecule has 118 valence electrons. The molecule has 4 heteroatoms. The standard InChI is InChI=1S/C18H25N3O/c1-17(2,3)15-12-20-16(21-13-15)22-11-8-18(4,5)14-6-9-19-10-7-14/h6-7,9-10,12-13H,8,11H2,1-5H3. The van der Waals surface area contributed by atoms with Crippen LogP contribution in [0.4, 0.5) is 0 Å². The minimum absolute atomic E-state index is 0.0360. The van der Waals surface area contributed by atoms with Crippen LogP contribution in [-0.4, -0.2) is 21.6 Å². The van der Waals surface area contributed by atoms with E-state index in [0.29, 0.717) is 12.6 Å². The molecule has 2 aromatic heterocycles. The molecule has 2 rings (SSSR count). The lowest BCUT2D eigenvalue weighted by atomic mass is 9.82. The fourth-order valence-corrected chi connectivity index (χ4v) is 2.12. The number of hydrogen-bond acceptors (Lipinski definition) is 4. The number of aromatic nitrogens is 3. The fraction of sp³-hybridized carbons (Fsp3) is 0.500. The maximum Gasteiger partial charge on any atom is 0.316 e. The Morgan fingerprint density at radius 2 is 1.50 bits per heavy atom. The summed E-state index contributed by atoms with van der Waals surface area (Å²) in [5.74, 6) is 0. The molecule has 0 unspecified atom stereocenters. The van der Waals surface area contributed by atoms with Crippen molar-refractivity contribution in [2.45, 2.75) is 51.9 Å². The van der Waals surface area contributed by atoms with Crippen molar-refractivity contribution in [2.24, 2.45) is 0 Å². The van der Waals surface area contributed by atoms with Gasteiger partial charge in [-0.05, 0) is 40.5 Å². The Morgan fingerprint density at radius 3 is 2.05 bits per heavy atom. The van der Waals surface area contributed by atoms with Gasteiger partial charge in [-0.2, -0.15) is 0 Å². The first-order valence-electron chi connectivity index (χ1n) is 7.65. The summed E-state index contributed by atoms with van der Waals surface area (Å²) >= 11 is 0. The second-order valence-corrected chi connectivity index (χ2v) is 7.22. The predicted molar refractivity (Wildman–Crippen MR) is 88.1 cm³/mol. The van der Waals surface area contributed by atoms with Gasteiger partial charge in [0.2, 0.25) is 0 Å². The van der Waals surface area contributed by atoms with Gasteiger partial charge in [-0.1, -0.05) is 34.6 Å². The molecule has 0 amide bonds. The summed E-state index contributed by atoms with van der Waals surface area (Å²) in [5.41, 5.74) is 2.46. The molecule has 0 saturated carbocycles. The lowest BCUT2D eigenvalue weighted by Crippen LogP contribution is -2.21. The molecule has 0 radical (unpaired) electrons. The first-order valence-corrected chi connectivity index (χ1v) is 7.65. The maximum atomic E-state index is 5.69. The third-order valence-corrected chi connectivity index (χ3v) is 3.91. The van der Waals surface area contributed by atoms with E-state index in [2.05, 4.69) is 61.7 Å². The van der Waals surface area contributed by atoms with E-state index in [0.717, 1.165) is 12.0 Å². The molecule has 0 saturated heterocycles. The van der Waals surface area contributed by atoms with E-state index < -0.39 is 0 Å². The lowest BCUT2D eigenvalue weighted by molar-refractivity contribution is 0.254. The lowest BCUT2D eigenvalue weighted by Gasteiger charge is -2.24. The Morgan fingerprint density at radius 1 is 0.909 bits per heavy atom. The van der Waals surface area contributed by atoms with Gasteiger partial charge in [-0.3, -0.25) is 4.98 Å². The molecule has 0 bridgehead atoms. The van der Waals surface area contributed by atoms with Gasteiger partial charge >= 0.3 is 6.01 Å². The number of nitrogens with zero attached hydrogens (tertiary/aromatic N) is 3. The molecule has 0 aliphatic rings. The van der Waals surface area contributed by atoms with Gasteiger partial charge in [0.05, 0.1) is 6.61 Å². The van der Waals surface area contributed by atoms with Crippen LogP contribution in [0.25, 0.3) is 0 Å². The molecule has 0 fully saturated rings. The third kappa shape index (κ3) is 4.26. The predicted octanol–water partition coefficient (Wildman–Crippen LogP) is 3.92. The zero-order valence-corrected chi connectivity index (χ0v) is 14.1. The minimum atomic E-state index is 0.0360. The molecule has 0 N–H and O–H groups in total. The Kier molecular flexibility index (Phi) is 4.79. The quantitative estimate of drug-likeness (QED) is 0.839. The van der Waals surface area contributed by atoms with E-state index in [9.17, 15) is 0 Å². The summed E-state index contributed by atoms with van der Waals surface area (Å²) in [4.78, 5) is 12.7. The van der Waals surface area contributed by atoms with Gasteiger partial charge < -0.3 is 4.74 Å². The van der Waals surface area contributed by atoms with Crippen molar-refractivity contribution in [1.82, 2.24) is 15.0 Å². The topological polar surface area (TPSA) is 47.9 Å². The zero-order chi connectivity index (χ0) is 16.2. The molecule has 4 nitrogen and oxygen atoms in total. The number of rotatable bonds is 5. The zero-order valence-electron chi connectivity index (χ0n) is 14.1. The van der Waals surface area contributed by atoms with Crippen molar-refractivity contribution in [2.75, 3.05) is 6.61 Å². The van der Waals surface area contributed by atoms with Crippen molar-refractivity contribution in [3.63, 3.8) is 0 Å². The Labute approximate surface area is 133 Å². The highest BCUT2D eigenvalue weighted by Crippen LogP contribution is 2.26. The number of ether oxygens (including phenoxy) is 1. The molecule has 22 heavy (non-hydrogen) atoms. The molecule has 2 heterocycles. The average Bonchev–Trinajstić information content (AvgIpc) is 2.48. The van der Waals surface area contributed by atoms with Gasteiger partial charge in [0.15, 0.2) is 0 Å². The summed E-state index contributed by atoms with van der Waals surface area (Å²) in [6.45, 7) is 11.4. The van der Waals surface area contributed by atoms with Crippen LogP contribution in [0, 0.1) is 0 Å². The summed E-state index contributed by atoms with van der Waals surface area (Å²) in [5, 5.41) is 0. The van der Waals surface area contributed by atoms with E-state index in [1.165, 1.54) is 5.56 Å². The monoisotopic (exact) mass is 299 g/mol. The normalized spacial score (nSPS) is 12.2. The van der Waals surface area contributed by atoms with Crippen LogP contribution in [0.15, 0.2) is 36.9 Å². The van der Waals surface area contributed by atoms with E-state index in [1.807, 2.05) is 24.8 Å². The van der Waals surface area contributed by atoms with Gasteiger partial charge in [0.1, 0.15) is 0 Å². The summed E-state index contributed by atoms with van der Waals surface area (Å²) in [6, 6.07) is 4.54. The van der Waals surface area contributed by atoms with E-state index in [1.54, 1.807) is 0 Å². The summed E-state index contributed by atoms with van der Waals surface area (Å²) in [6.07, 6.45) is 8.23. The van der Waals surface area contributed by atoms with Crippen LogP contribution in [-0.2, 0) is 10.8 Å². The molecular formula is C18H25N3O. The van der Waals surface area contributed by atoms with Crippen LogP contribution in [0.3, 0.4) is 0 Å². The smallest absolute Gasteiger partial charge is 0.316 e. The maximum absolute atomic E-state index is 5.69. The molecular weight excluding hydrogens is 274 g/mol. The van der Waals surface area contributed by atoms with Crippen LogP contribution in [0.1, 0.15) is 52.2 Å². The highest BCUT2D eigenvalue weighted by molar-refractivity contribution is 5.20. The Balaban J connectivity index is 1.91.